The van der Waals surface area contributed by atoms with Crippen molar-refractivity contribution in [3.05, 3.63) is 29.3 Å². The van der Waals surface area contributed by atoms with Crippen molar-refractivity contribution in [3.63, 3.8) is 0 Å². The van der Waals surface area contributed by atoms with Crippen LogP contribution in [0, 0.1) is 0 Å². The number of halogens is 1. The van der Waals surface area contributed by atoms with Crippen LogP contribution < -0.4 is 5.32 Å². The minimum absolute atomic E-state index is 0.574. The first-order chi connectivity index (χ1) is 5.86. The molecule has 1 aromatic rings. The Balaban J connectivity index is 2.28. The van der Waals surface area contributed by atoms with Gasteiger partial charge < -0.3 is 5.32 Å². The lowest BCUT2D eigenvalue weighted by atomic mass is 10.3. The first kappa shape index (κ1) is 7.71. The van der Waals surface area contributed by atoms with Gasteiger partial charge in [0, 0.05) is 31.1 Å². The van der Waals surface area contributed by atoms with Crippen molar-refractivity contribution in [2.75, 3.05) is 13.1 Å². The van der Waals surface area contributed by atoms with E-state index >= 15 is 0 Å². The maximum Gasteiger partial charge on any atom is 0.156 e. The van der Waals surface area contributed by atoms with Crippen LogP contribution in [0.5, 0.6) is 0 Å². The molecule has 0 radical (unpaired) electrons. The second-order valence-corrected chi connectivity index (χ2v) is 3.02. The molecule has 1 aromatic heterocycles. The fourth-order valence-corrected chi connectivity index (χ4v) is 1.22. The first-order valence-corrected chi connectivity index (χ1v) is 4.12. The van der Waals surface area contributed by atoms with Gasteiger partial charge in [-0.1, -0.05) is 17.7 Å². The van der Waals surface area contributed by atoms with Crippen LogP contribution >= 0.6 is 11.6 Å². The molecule has 0 saturated carbocycles. The minimum atomic E-state index is 0.574. The predicted molar refractivity (Wildman–Crippen MR) is 47.9 cm³/mol. The van der Waals surface area contributed by atoms with Crippen LogP contribution in [0.25, 0.3) is 5.57 Å². The van der Waals surface area contributed by atoms with E-state index in [4.69, 9.17) is 11.6 Å². The van der Waals surface area contributed by atoms with Gasteiger partial charge in [-0.25, -0.2) is 9.97 Å². The quantitative estimate of drug-likeness (QED) is 0.706. The molecule has 0 spiro atoms. The highest BCUT2D eigenvalue weighted by molar-refractivity contribution is 6.30. The molecule has 0 aliphatic carbocycles. The molecule has 1 aliphatic heterocycles. The van der Waals surface area contributed by atoms with Gasteiger partial charge in [0.2, 0.25) is 0 Å². The van der Waals surface area contributed by atoms with Crippen LogP contribution in [0.15, 0.2) is 18.5 Å². The predicted octanol–water partition coefficient (Wildman–Crippen LogP) is 1.12. The Labute approximate surface area is 75.5 Å². The van der Waals surface area contributed by atoms with Crippen molar-refractivity contribution in [2.45, 2.75) is 0 Å². The molecule has 0 unspecified atom stereocenters. The average Bonchev–Trinajstić information content (AvgIpc) is 2.58. The van der Waals surface area contributed by atoms with E-state index in [1.165, 1.54) is 0 Å². The largest absolute Gasteiger partial charge is 0.309 e. The highest BCUT2D eigenvalue weighted by Crippen LogP contribution is 2.12. The van der Waals surface area contributed by atoms with Gasteiger partial charge in [0.25, 0.3) is 0 Å². The van der Waals surface area contributed by atoms with Crippen molar-refractivity contribution >= 4 is 17.2 Å². The number of nitrogens with zero attached hydrogens (tertiary/aromatic N) is 2. The fourth-order valence-electron chi connectivity index (χ4n) is 1.12. The Morgan fingerprint density at radius 3 is 2.67 bits per heavy atom. The van der Waals surface area contributed by atoms with Gasteiger partial charge in [-0.15, -0.1) is 0 Å². The first-order valence-electron chi connectivity index (χ1n) is 3.74. The molecule has 0 atom stereocenters. The monoisotopic (exact) mass is 181 g/mol. The van der Waals surface area contributed by atoms with Crippen LogP contribution in [-0.2, 0) is 0 Å². The summed E-state index contributed by atoms with van der Waals surface area (Å²) in [5.41, 5.74) is 1.15. The van der Waals surface area contributed by atoms with Crippen LogP contribution in [0.2, 0.25) is 5.02 Å². The highest BCUT2D eigenvalue weighted by Gasteiger charge is 2.07. The number of nitrogens with one attached hydrogen (secondary N) is 1. The van der Waals surface area contributed by atoms with E-state index in [1.54, 1.807) is 12.4 Å². The zero-order valence-electron chi connectivity index (χ0n) is 6.42. The average molecular weight is 182 g/mol. The summed E-state index contributed by atoms with van der Waals surface area (Å²) >= 11 is 5.66. The van der Waals surface area contributed by atoms with E-state index in [0.29, 0.717) is 5.02 Å². The molecule has 0 aromatic carbocycles. The number of hydrogen-bond donors (Lipinski definition) is 1. The molecule has 0 amide bonds. The lowest BCUT2D eigenvalue weighted by Crippen LogP contribution is -2.08. The lowest BCUT2D eigenvalue weighted by Gasteiger charge is -1.98. The Kier molecular flexibility index (Phi) is 2.06. The van der Waals surface area contributed by atoms with E-state index in [0.717, 1.165) is 24.5 Å². The van der Waals surface area contributed by atoms with Crippen molar-refractivity contribution in [1.29, 1.82) is 0 Å². The second kappa shape index (κ2) is 3.21. The fraction of sp³-hybridized carbons (Fsp3) is 0.250. The molecule has 0 bridgehead atoms. The van der Waals surface area contributed by atoms with E-state index in [2.05, 4.69) is 21.4 Å². The second-order valence-electron chi connectivity index (χ2n) is 2.59. The Morgan fingerprint density at radius 2 is 2.08 bits per heavy atom. The molecule has 12 heavy (non-hydrogen) atoms. The minimum Gasteiger partial charge on any atom is -0.309 e. The third-order valence-corrected chi connectivity index (χ3v) is 1.91. The summed E-state index contributed by atoms with van der Waals surface area (Å²) in [6.07, 6.45) is 5.31. The molecule has 62 valence electrons. The van der Waals surface area contributed by atoms with Crippen molar-refractivity contribution in [1.82, 2.24) is 15.3 Å². The summed E-state index contributed by atoms with van der Waals surface area (Å²) in [7, 11) is 0. The summed E-state index contributed by atoms with van der Waals surface area (Å²) < 4.78 is 0. The van der Waals surface area contributed by atoms with Gasteiger partial charge in [0.05, 0.1) is 5.02 Å². The Bertz CT molecular complexity index is 305. The summed E-state index contributed by atoms with van der Waals surface area (Å²) in [5, 5.41) is 3.75. The van der Waals surface area contributed by atoms with Gasteiger partial charge >= 0.3 is 0 Å². The molecule has 0 saturated heterocycles. The highest BCUT2D eigenvalue weighted by atomic mass is 35.5. The molecule has 1 N–H and O–H groups in total. The molecule has 2 heterocycles. The number of rotatable bonds is 1. The molecular formula is C8H8ClN3. The van der Waals surface area contributed by atoms with Crippen LogP contribution in [0.1, 0.15) is 5.82 Å². The lowest BCUT2D eigenvalue weighted by molar-refractivity contribution is 0.892. The van der Waals surface area contributed by atoms with Crippen LogP contribution in [-0.4, -0.2) is 23.1 Å². The summed E-state index contributed by atoms with van der Waals surface area (Å²) in [6.45, 7) is 1.75. The third kappa shape index (κ3) is 1.47. The summed E-state index contributed by atoms with van der Waals surface area (Å²) in [4.78, 5) is 8.22. The summed E-state index contributed by atoms with van der Waals surface area (Å²) in [6, 6.07) is 0. The van der Waals surface area contributed by atoms with Gasteiger partial charge in [-0.05, 0) is 0 Å². The topological polar surface area (TPSA) is 37.8 Å². The third-order valence-electron chi connectivity index (χ3n) is 1.72. The van der Waals surface area contributed by atoms with Gasteiger partial charge in [0.1, 0.15) is 0 Å². The smallest absolute Gasteiger partial charge is 0.156 e. The van der Waals surface area contributed by atoms with Crippen LogP contribution in [0.4, 0.5) is 0 Å². The van der Waals surface area contributed by atoms with Crippen molar-refractivity contribution < 1.29 is 0 Å². The molecule has 3 nitrogen and oxygen atoms in total. The van der Waals surface area contributed by atoms with E-state index in [-0.39, 0.29) is 0 Å². The molecule has 0 fully saturated rings. The Hall–Kier alpha value is -0.930. The van der Waals surface area contributed by atoms with Crippen molar-refractivity contribution in [2.24, 2.45) is 0 Å². The molecule has 4 heteroatoms. The van der Waals surface area contributed by atoms with Gasteiger partial charge in [0.15, 0.2) is 5.82 Å². The SMILES string of the molecule is Clc1cnc(C2=CCNC2)nc1. The van der Waals surface area contributed by atoms with E-state index in [1.807, 2.05) is 0 Å². The van der Waals surface area contributed by atoms with E-state index in [9.17, 15) is 0 Å². The molecular weight excluding hydrogens is 174 g/mol. The maximum absolute atomic E-state index is 5.66. The van der Waals surface area contributed by atoms with Gasteiger partial charge in [-0.3, -0.25) is 0 Å². The zero-order chi connectivity index (χ0) is 8.39. The summed E-state index contributed by atoms with van der Waals surface area (Å²) in [5.74, 6) is 0.768. The van der Waals surface area contributed by atoms with E-state index < -0.39 is 0 Å². The molecule has 1 aliphatic rings. The molecule has 2 rings (SSSR count). The number of hydrogen-bond acceptors (Lipinski definition) is 3. The normalized spacial score (nSPS) is 16.2. The zero-order valence-corrected chi connectivity index (χ0v) is 7.17. The Morgan fingerprint density at radius 1 is 1.33 bits per heavy atom. The van der Waals surface area contributed by atoms with Crippen molar-refractivity contribution in [3.8, 4) is 0 Å². The van der Waals surface area contributed by atoms with Gasteiger partial charge in [-0.2, -0.15) is 0 Å². The van der Waals surface area contributed by atoms with Crippen LogP contribution in [0.3, 0.4) is 0 Å². The maximum atomic E-state index is 5.66. The standard InChI is InChI=1S/C8H8ClN3/c9-7-4-11-8(12-5-7)6-1-2-10-3-6/h1,4-5,10H,2-3H2. The number of aromatic nitrogens is 2.